The van der Waals surface area contributed by atoms with E-state index in [1.54, 1.807) is 0 Å². The largest absolute Gasteiger partial charge is 0.353 e. The van der Waals surface area contributed by atoms with Gasteiger partial charge in [-0.1, -0.05) is 35.9 Å². The fourth-order valence-electron chi connectivity index (χ4n) is 3.74. The molecule has 1 saturated heterocycles. The van der Waals surface area contributed by atoms with E-state index in [-0.39, 0.29) is 22.7 Å². The first-order valence-electron chi connectivity index (χ1n) is 8.53. The van der Waals surface area contributed by atoms with Crippen molar-refractivity contribution in [3.05, 3.63) is 58.5 Å². The minimum Gasteiger partial charge on any atom is -0.353 e. The maximum absolute atomic E-state index is 14.1. The van der Waals surface area contributed by atoms with Crippen molar-refractivity contribution in [3.63, 3.8) is 0 Å². The van der Waals surface area contributed by atoms with Crippen LogP contribution in [0.1, 0.15) is 17.5 Å². The first-order valence-corrected chi connectivity index (χ1v) is 8.91. The van der Waals surface area contributed by atoms with E-state index < -0.39 is 5.82 Å². The van der Waals surface area contributed by atoms with Gasteiger partial charge in [0.2, 0.25) is 5.91 Å². The summed E-state index contributed by atoms with van der Waals surface area (Å²) in [4.78, 5) is 20.8. The number of pyridine rings is 1. The van der Waals surface area contributed by atoms with Gasteiger partial charge in [0.05, 0.1) is 10.9 Å². The van der Waals surface area contributed by atoms with Crippen LogP contribution >= 0.6 is 11.6 Å². The maximum atomic E-state index is 14.1. The predicted octanol–water partition coefficient (Wildman–Crippen LogP) is 3.29. The molecule has 2 aliphatic heterocycles. The summed E-state index contributed by atoms with van der Waals surface area (Å²) in [6.45, 7) is 2.55. The summed E-state index contributed by atoms with van der Waals surface area (Å²) in [6, 6.07) is 9.53. The molecule has 0 radical (unpaired) electrons. The van der Waals surface area contributed by atoms with Gasteiger partial charge < -0.3 is 9.80 Å². The van der Waals surface area contributed by atoms with Crippen LogP contribution in [-0.4, -0.2) is 35.4 Å². The van der Waals surface area contributed by atoms with Crippen LogP contribution in [0.25, 0.3) is 0 Å². The zero-order chi connectivity index (χ0) is 17.4. The second-order valence-electron chi connectivity index (χ2n) is 6.67. The average molecular weight is 360 g/mol. The van der Waals surface area contributed by atoms with Gasteiger partial charge in [-0.25, -0.2) is 9.37 Å². The van der Waals surface area contributed by atoms with E-state index in [1.165, 1.54) is 23.4 Å². The number of nitrogens with zero attached hydrogens (tertiary/aromatic N) is 3. The monoisotopic (exact) mass is 359 g/mol. The molecule has 25 heavy (non-hydrogen) atoms. The summed E-state index contributed by atoms with van der Waals surface area (Å²) in [6.07, 6.45) is 3.06. The van der Waals surface area contributed by atoms with Crippen LogP contribution in [0.15, 0.2) is 36.5 Å². The molecule has 1 unspecified atom stereocenters. The minimum atomic E-state index is -0.438. The Bertz CT molecular complexity index is 813. The lowest BCUT2D eigenvalue weighted by molar-refractivity contribution is -0.135. The van der Waals surface area contributed by atoms with Crippen molar-refractivity contribution < 1.29 is 9.18 Å². The van der Waals surface area contributed by atoms with Crippen molar-refractivity contribution in [2.45, 2.75) is 19.4 Å². The standard InChI is InChI=1S/C19H19ClFN3O/c20-16-9-17(21)18(22-10-16)23-7-6-15(12-23)19(25)24-8-5-13-3-1-2-4-14(13)11-24/h1-4,9-10,15H,5-8,11-12H2. The van der Waals surface area contributed by atoms with Gasteiger partial charge in [-0.15, -0.1) is 0 Å². The van der Waals surface area contributed by atoms with E-state index >= 15 is 0 Å². The molecule has 0 spiro atoms. The van der Waals surface area contributed by atoms with E-state index in [4.69, 9.17) is 11.6 Å². The van der Waals surface area contributed by atoms with E-state index in [0.717, 1.165) is 19.4 Å². The molecule has 0 saturated carbocycles. The Morgan fingerprint density at radius 3 is 2.84 bits per heavy atom. The molecule has 1 aromatic carbocycles. The lowest BCUT2D eigenvalue weighted by Crippen LogP contribution is -2.40. The Labute approximate surface area is 151 Å². The van der Waals surface area contributed by atoms with E-state index in [9.17, 15) is 9.18 Å². The summed E-state index contributed by atoms with van der Waals surface area (Å²) in [5.41, 5.74) is 2.55. The van der Waals surface area contributed by atoms with Gasteiger partial charge in [0, 0.05) is 32.4 Å². The van der Waals surface area contributed by atoms with Crippen LogP contribution in [0.2, 0.25) is 5.02 Å². The Kier molecular flexibility index (Phi) is 4.34. The number of hydrogen-bond acceptors (Lipinski definition) is 3. The molecule has 4 nitrogen and oxygen atoms in total. The number of carbonyl (C=O) groups excluding carboxylic acids is 1. The van der Waals surface area contributed by atoms with Crippen molar-refractivity contribution in [1.29, 1.82) is 0 Å². The Morgan fingerprint density at radius 2 is 2.04 bits per heavy atom. The molecule has 3 heterocycles. The number of fused-ring (bicyclic) bond motifs is 1. The third kappa shape index (κ3) is 3.21. The summed E-state index contributed by atoms with van der Waals surface area (Å²) in [5.74, 6) is -0.107. The number of benzene rings is 1. The van der Waals surface area contributed by atoms with Crippen molar-refractivity contribution >= 4 is 23.3 Å². The molecule has 0 aliphatic carbocycles. The van der Waals surface area contributed by atoms with Gasteiger partial charge in [-0.3, -0.25) is 4.79 Å². The van der Waals surface area contributed by atoms with Crippen molar-refractivity contribution in [3.8, 4) is 0 Å². The number of hydrogen-bond donors (Lipinski definition) is 0. The molecule has 4 rings (SSSR count). The van der Waals surface area contributed by atoms with Gasteiger partial charge in [-0.05, 0) is 30.0 Å². The normalized spacial score (nSPS) is 19.8. The number of aromatic nitrogens is 1. The lowest BCUT2D eigenvalue weighted by Gasteiger charge is -2.31. The number of carbonyl (C=O) groups is 1. The summed E-state index contributed by atoms with van der Waals surface area (Å²) < 4.78 is 14.1. The van der Waals surface area contributed by atoms with Gasteiger partial charge in [0.1, 0.15) is 0 Å². The second-order valence-corrected chi connectivity index (χ2v) is 7.11. The van der Waals surface area contributed by atoms with Crippen LogP contribution in [-0.2, 0) is 17.8 Å². The Balaban J connectivity index is 1.44. The highest BCUT2D eigenvalue weighted by molar-refractivity contribution is 6.30. The molecule has 1 amide bonds. The van der Waals surface area contributed by atoms with Gasteiger partial charge in [-0.2, -0.15) is 0 Å². The highest BCUT2D eigenvalue weighted by atomic mass is 35.5. The van der Waals surface area contributed by atoms with Gasteiger partial charge in [0.15, 0.2) is 11.6 Å². The zero-order valence-electron chi connectivity index (χ0n) is 13.8. The zero-order valence-corrected chi connectivity index (χ0v) is 14.5. The molecule has 6 heteroatoms. The molecular weight excluding hydrogens is 341 g/mol. The first kappa shape index (κ1) is 16.3. The Hall–Kier alpha value is -2.14. The topological polar surface area (TPSA) is 36.4 Å². The molecule has 0 bridgehead atoms. The van der Waals surface area contributed by atoms with E-state index in [0.29, 0.717) is 19.6 Å². The third-order valence-corrected chi connectivity index (χ3v) is 5.27. The predicted molar refractivity (Wildman–Crippen MR) is 95.1 cm³/mol. The number of amides is 1. The van der Waals surface area contributed by atoms with E-state index in [2.05, 4.69) is 17.1 Å². The van der Waals surface area contributed by atoms with Crippen LogP contribution < -0.4 is 4.90 Å². The molecule has 2 aromatic rings. The number of rotatable bonds is 2. The second kappa shape index (κ2) is 6.64. The molecule has 2 aliphatic rings. The van der Waals surface area contributed by atoms with Crippen LogP contribution in [0.3, 0.4) is 0 Å². The summed E-state index contributed by atoms with van der Waals surface area (Å²) in [7, 11) is 0. The fraction of sp³-hybridized carbons (Fsp3) is 0.368. The van der Waals surface area contributed by atoms with Crippen LogP contribution in [0.5, 0.6) is 0 Å². The smallest absolute Gasteiger partial charge is 0.227 e. The molecule has 1 atom stereocenters. The molecule has 1 aromatic heterocycles. The summed E-state index contributed by atoms with van der Waals surface area (Å²) >= 11 is 5.76. The third-order valence-electron chi connectivity index (χ3n) is 5.07. The van der Waals surface area contributed by atoms with Crippen molar-refractivity contribution in [1.82, 2.24) is 9.88 Å². The summed E-state index contributed by atoms with van der Waals surface area (Å²) in [5, 5.41) is 0.278. The number of halogens is 2. The highest BCUT2D eigenvalue weighted by Crippen LogP contribution is 2.28. The maximum Gasteiger partial charge on any atom is 0.227 e. The van der Waals surface area contributed by atoms with Crippen molar-refractivity contribution in [2.24, 2.45) is 5.92 Å². The lowest BCUT2D eigenvalue weighted by atomic mass is 9.98. The highest BCUT2D eigenvalue weighted by Gasteiger charge is 2.34. The molecule has 130 valence electrons. The molecule has 0 N–H and O–H groups in total. The number of anilines is 1. The molecule has 1 fully saturated rings. The average Bonchev–Trinajstić information content (AvgIpc) is 3.10. The quantitative estimate of drug-likeness (QED) is 0.825. The van der Waals surface area contributed by atoms with Gasteiger partial charge in [0.25, 0.3) is 0 Å². The molecular formula is C19H19ClFN3O. The van der Waals surface area contributed by atoms with Gasteiger partial charge >= 0.3 is 0 Å². The fourth-order valence-corrected chi connectivity index (χ4v) is 3.88. The van der Waals surface area contributed by atoms with Crippen molar-refractivity contribution in [2.75, 3.05) is 24.5 Å². The Morgan fingerprint density at radius 1 is 1.24 bits per heavy atom. The van der Waals surface area contributed by atoms with Crippen LogP contribution in [0.4, 0.5) is 10.2 Å². The SMILES string of the molecule is O=C(C1CCN(c2ncc(Cl)cc2F)C1)N1CCc2ccccc2C1. The van der Waals surface area contributed by atoms with E-state index in [1.807, 2.05) is 21.9 Å². The minimum absolute atomic E-state index is 0.109. The first-order chi connectivity index (χ1) is 12.1. The van der Waals surface area contributed by atoms with Crippen LogP contribution in [0, 0.1) is 11.7 Å².